The molecule has 0 aliphatic carbocycles. The second-order valence-corrected chi connectivity index (χ2v) is 7.59. The van der Waals surface area contributed by atoms with E-state index in [0.717, 1.165) is 5.56 Å². The van der Waals surface area contributed by atoms with Gasteiger partial charge in [0.05, 0.1) is 29.7 Å². The van der Waals surface area contributed by atoms with Crippen LogP contribution in [0, 0.1) is 19.7 Å². The zero-order valence-corrected chi connectivity index (χ0v) is 17.6. The number of aromatic nitrogens is 3. The minimum atomic E-state index is -0.446. The van der Waals surface area contributed by atoms with Gasteiger partial charge in [-0.05, 0) is 37.1 Å². The number of rotatable bonds is 6. The first-order chi connectivity index (χ1) is 14.3. The first-order valence-electron chi connectivity index (χ1n) is 9.11. The average molecular weight is 428 g/mol. The van der Waals surface area contributed by atoms with Crippen LogP contribution in [0.2, 0.25) is 0 Å². The molecular formula is C20H21FN6O2S. The molecule has 10 heteroatoms. The lowest BCUT2D eigenvalue weighted by molar-refractivity contribution is 0.0781. The smallest absolute Gasteiger partial charge is 0.321 e. The van der Waals surface area contributed by atoms with Crippen LogP contribution in [0.4, 0.5) is 14.3 Å². The Morgan fingerprint density at radius 3 is 2.80 bits per heavy atom. The number of amides is 3. The Labute approximate surface area is 177 Å². The maximum absolute atomic E-state index is 13.2. The summed E-state index contributed by atoms with van der Waals surface area (Å²) in [5.74, 6) is -0.527. The fourth-order valence-electron chi connectivity index (χ4n) is 2.84. The molecule has 0 spiro atoms. The number of thiazole rings is 1. The molecule has 3 amide bonds. The van der Waals surface area contributed by atoms with Crippen LogP contribution in [0.15, 0.2) is 35.8 Å². The van der Waals surface area contributed by atoms with Gasteiger partial charge in [-0.2, -0.15) is 10.2 Å². The van der Waals surface area contributed by atoms with Gasteiger partial charge in [-0.1, -0.05) is 12.1 Å². The minimum absolute atomic E-state index is 0.171. The third-order valence-corrected chi connectivity index (χ3v) is 5.10. The highest BCUT2D eigenvalue weighted by Gasteiger charge is 2.19. The predicted molar refractivity (Wildman–Crippen MR) is 112 cm³/mol. The van der Waals surface area contributed by atoms with Gasteiger partial charge in [0.15, 0.2) is 5.13 Å². The average Bonchev–Trinajstić information content (AvgIpc) is 3.12. The van der Waals surface area contributed by atoms with E-state index in [4.69, 9.17) is 0 Å². The Hall–Kier alpha value is -3.40. The van der Waals surface area contributed by atoms with Crippen molar-refractivity contribution in [3.05, 3.63) is 69.7 Å². The Morgan fingerprint density at radius 1 is 1.27 bits per heavy atom. The summed E-state index contributed by atoms with van der Waals surface area (Å²) in [7, 11) is 1.68. The second kappa shape index (κ2) is 9.40. The number of nitrogens with zero attached hydrogens (tertiary/aromatic N) is 4. The van der Waals surface area contributed by atoms with E-state index in [-0.39, 0.29) is 24.8 Å². The number of carbonyl (C=O) groups is 2. The third kappa shape index (κ3) is 5.35. The van der Waals surface area contributed by atoms with Crippen molar-refractivity contribution in [1.82, 2.24) is 25.4 Å². The highest BCUT2D eigenvalue weighted by atomic mass is 32.1. The lowest BCUT2D eigenvalue weighted by Crippen LogP contribution is -2.29. The third-order valence-electron chi connectivity index (χ3n) is 4.29. The number of benzene rings is 1. The van der Waals surface area contributed by atoms with Crippen LogP contribution in [-0.2, 0) is 13.1 Å². The number of halogens is 1. The summed E-state index contributed by atoms with van der Waals surface area (Å²) in [6, 6.07) is 5.56. The minimum Gasteiger partial charge on any atom is -0.336 e. The van der Waals surface area contributed by atoms with Crippen LogP contribution >= 0.6 is 11.3 Å². The van der Waals surface area contributed by atoms with Gasteiger partial charge < -0.3 is 10.2 Å². The summed E-state index contributed by atoms with van der Waals surface area (Å²) < 4.78 is 13.2. The van der Waals surface area contributed by atoms with E-state index in [1.165, 1.54) is 23.5 Å². The fourth-order valence-corrected chi connectivity index (χ4v) is 3.54. The zero-order valence-electron chi connectivity index (χ0n) is 16.8. The monoisotopic (exact) mass is 428 g/mol. The molecule has 0 radical (unpaired) electrons. The van der Waals surface area contributed by atoms with Crippen LogP contribution in [0.5, 0.6) is 0 Å². The van der Waals surface area contributed by atoms with Crippen LogP contribution in [0.3, 0.4) is 0 Å². The number of hydrogen-bond donors (Lipinski definition) is 2. The normalized spacial score (nSPS) is 10.5. The molecule has 0 aliphatic heterocycles. The molecule has 30 heavy (non-hydrogen) atoms. The number of urea groups is 1. The molecule has 2 aromatic heterocycles. The quantitative estimate of drug-likeness (QED) is 0.628. The fraction of sp³-hybridized carbons (Fsp3) is 0.250. The van der Waals surface area contributed by atoms with E-state index in [9.17, 15) is 14.0 Å². The van der Waals surface area contributed by atoms with Crippen molar-refractivity contribution < 1.29 is 14.0 Å². The Morgan fingerprint density at radius 2 is 2.07 bits per heavy atom. The zero-order chi connectivity index (χ0) is 21.7. The highest BCUT2D eigenvalue weighted by Crippen LogP contribution is 2.18. The number of hydrogen-bond acceptors (Lipinski definition) is 6. The lowest BCUT2D eigenvalue weighted by atomic mass is 10.1. The Bertz CT molecular complexity index is 1050. The molecule has 3 rings (SSSR count). The molecule has 2 heterocycles. The number of aryl methyl sites for hydroxylation is 2. The van der Waals surface area contributed by atoms with Crippen LogP contribution < -0.4 is 10.6 Å². The van der Waals surface area contributed by atoms with E-state index < -0.39 is 6.03 Å². The number of anilines is 1. The maximum Gasteiger partial charge on any atom is 0.321 e. The van der Waals surface area contributed by atoms with E-state index in [2.05, 4.69) is 25.8 Å². The molecule has 0 aliphatic rings. The van der Waals surface area contributed by atoms with E-state index in [0.29, 0.717) is 27.6 Å². The summed E-state index contributed by atoms with van der Waals surface area (Å²) in [6.07, 6.45) is 1.56. The van der Waals surface area contributed by atoms with Crippen molar-refractivity contribution in [2.45, 2.75) is 26.9 Å². The van der Waals surface area contributed by atoms with Crippen LogP contribution in [-0.4, -0.2) is 39.1 Å². The number of carbonyl (C=O) groups excluding carboxylic acids is 2. The molecule has 1 aromatic carbocycles. The summed E-state index contributed by atoms with van der Waals surface area (Å²) in [4.78, 5) is 30.7. The van der Waals surface area contributed by atoms with Gasteiger partial charge in [-0.15, -0.1) is 11.3 Å². The van der Waals surface area contributed by atoms with Gasteiger partial charge in [-0.25, -0.2) is 14.2 Å². The van der Waals surface area contributed by atoms with Gasteiger partial charge in [0.1, 0.15) is 5.82 Å². The van der Waals surface area contributed by atoms with E-state index in [1.54, 1.807) is 42.6 Å². The molecule has 0 fully saturated rings. The SMILES string of the molecule is Cc1cnnc(C)c1C(=O)N(C)Cc1csc(NC(=O)NCc2cccc(F)c2)n1. The van der Waals surface area contributed by atoms with Crippen molar-refractivity contribution in [1.29, 1.82) is 0 Å². The van der Waals surface area contributed by atoms with Gasteiger partial charge in [-0.3, -0.25) is 10.1 Å². The second-order valence-electron chi connectivity index (χ2n) is 6.73. The number of nitrogens with one attached hydrogen (secondary N) is 2. The first kappa shape index (κ1) is 21.3. The standard InChI is InChI=1S/C20H21FN6O2S/c1-12-8-23-26-13(2)17(12)18(28)27(3)10-16-11-30-20(24-16)25-19(29)22-9-14-5-4-6-15(21)7-14/h4-8,11H,9-10H2,1-3H3,(H2,22,24,25,29). The van der Waals surface area contributed by atoms with Crippen molar-refractivity contribution in [3.8, 4) is 0 Å². The first-order valence-corrected chi connectivity index (χ1v) is 9.99. The van der Waals surface area contributed by atoms with Crippen molar-refractivity contribution in [3.63, 3.8) is 0 Å². The Balaban J connectivity index is 1.55. The van der Waals surface area contributed by atoms with Crippen LogP contribution in [0.1, 0.15) is 32.9 Å². The molecule has 0 saturated carbocycles. The summed E-state index contributed by atoms with van der Waals surface area (Å²) in [6.45, 7) is 4.03. The van der Waals surface area contributed by atoms with Gasteiger partial charge >= 0.3 is 6.03 Å². The maximum atomic E-state index is 13.2. The van der Waals surface area contributed by atoms with E-state index >= 15 is 0 Å². The molecule has 8 nitrogen and oxygen atoms in total. The molecule has 0 saturated heterocycles. The Kier molecular flexibility index (Phi) is 6.68. The predicted octanol–water partition coefficient (Wildman–Crippen LogP) is 3.28. The van der Waals surface area contributed by atoms with E-state index in [1.807, 2.05) is 6.92 Å². The largest absolute Gasteiger partial charge is 0.336 e. The molecule has 0 unspecified atom stereocenters. The lowest BCUT2D eigenvalue weighted by Gasteiger charge is -2.17. The van der Waals surface area contributed by atoms with Crippen molar-refractivity contribution >= 4 is 28.4 Å². The molecule has 0 bridgehead atoms. The molecule has 156 valence electrons. The van der Waals surface area contributed by atoms with Gasteiger partial charge in [0, 0.05) is 19.0 Å². The van der Waals surface area contributed by atoms with Crippen LogP contribution in [0.25, 0.3) is 0 Å². The summed E-state index contributed by atoms with van der Waals surface area (Å²) in [5, 5.41) is 15.3. The summed E-state index contributed by atoms with van der Waals surface area (Å²) >= 11 is 1.25. The van der Waals surface area contributed by atoms with Crippen molar-refractivity contribution in [2.24, 2.45) is 0 Å². The highest BCUT2D eigenvalue weighted by molar-refractivity contribution is 7.13. The summed E-state index contributed by atoms with van der Waals surface area (Å²) in [5.41, 5.74) is 3.16. The van der Waals surface area contributed by atoms with Gasteiger partial charge in [0.2, 0.25) is 0 Å². The molecule has 3 aromatic rings. The molecule has 2 N–H and O–H groups in total. The molecular weight excluding hydrogens is 407 g/mol. The molecule has 0 atom stereocenters. The van der Waals surface area contributed by atoms with Crippen molar-refractivity contribution in [2.75, 3.05) is 12.4 Å². The van der Waals surface area contributed by atoms with Gasteiger partial charge in [0.25, 0.3) is 5.91 Å². The topological polar surface area (TPSA) is 100 Å².